The van der Waals surface area contributed by atoms with E-state index in [-0.39, 0.29) is 18.4 Å². The molecule has 0 heterocycles. The molecule has 0 bridgehead atoms. The molecule has 0 unspecified atom stereocenters. The molecule has 24 heavy (non-hydrogen) atoms. The first kappa shape index (κ1) is 19.1. The topological polar surface area (TPSA) is 49.4 Å². The van der Waals surface area contributed by atoms with E-state index in [1.54, 1.807) is 23.1 Å². The average Bonchev–Trinajstić information content (AvgIpc) is 3.02. The Balaban J connectivity index is 1.93. The van der Waals surface area contributed by atoms with Gasteiger partial charge in [0.25, 0.3) is 0 Å². The first-order valence-corrected chi connectivity index (χ1v) is 9.28. The number of carbonyl (C=O) groups excluding carboxylic acids is 2. The van der Waals surface area contributed by atoms with Crippen LogP contribution in [0.25, 0.3) is 0 Å². The number of nitrogens with one attached hydrogen (secondary N) is 1. The Hall–Kier alpha value is -1.26. The molecule has 2 amide bonds. The first-order chi connectivity index (χ1) is 11.5. The Morgan fingerprint density at radius 1 is 1.25 bits per heavy atom. The Bertz CT molecular complexity index is 586. The van der Waals surface area contributed by atoms with E-state index in [0.29, 0.717) is 34.6 Å². The van der Waals surface area contributed by atoms with Gasteiger partial charge in [-0.3, -0.25) is 9.59 Å². The van der Waals surface area contributed by atoms with Crippen molar-refractivity contribution in [2.75, 3.05) is 18.4 Å². The van der Waals surface area contributed by atoms with Gasteiger partial charge >= 0.3 is 0 Å². The van der Waals surface area contributed by atoms with Crippen molar-refractivity contribution >= 4 is 40.7 Å². The first-order valence-electron chi connectivity index (χ1n) is 8.52. The van der Waals surface area contributed by atoms with Gasteiger partial charge in [-0.15, -0.1) is 0 Å². The zero-order valence-electron chi connectivity index (χ0n) is 14.0. The predicted octanol–water partition coefficient (Wildman–Crippen LogP) is 4.75. The van der Waals surface area contributed by atoms with Crippen molar-refractivity contribution in [1.82, 2.24) is 4.90 Å². The number of nitrogens with zero attached hydrogens (tertiary/aromatic N) is 1. The van der Waals surface area contributed by atoms with E-state index in [0.717, 1.165) is 19.3 Å². The second-order valence-corrected chi connectivity index (χ2v) is 7.19. The van der Waals surface area contributed by atoms with Gasteiger partial charge in [-0.2, -0.15) is 0 Å². The molecule has 1 N–H and O–H groups in total. The third-order valence-electron chi connectivity index (χ3n) is 4.32. The standard InChI is InChI=1S/C18H24Cl2N2O2/c1-2-9-22(18(24)10-13-5-3-4-6-13)12-17(23)21-16-8-7-14(19)11-15(16)20/h7-8,11,13H,2-6,9-10,12H2,1H3,(H,21,23). The Morgan fingerprint density at radius 3 is 2.58 bits per heavy atom. The number of hydrogen-bond donors (Lipinski definition) is 1. The summed E-state index contributed by atoms with van der Waals surface area (Å²) in [7, 11) is 0. The predicted molar refractivity (Wildman–Crippen MR) is 98.5 cm³/mol. The van der Waals surface area contributed by atoms with Crippen LogP contribution >= 0.6 is 23.2 Å². The quantitative estimate of drug-likeness (QED) is 0.752. The van der Waals surface area contributed by atoms with Gasteiger partial charge in [0, 0.05) is 18.0 Å². The van der Waals surface area contributed by atoms with Gasteiger partial charge in [-0.25, -0.2) is 0 Å². The minimum Gasteiger partial charge on any atom is -0.333 e. The fourth-order valence-electron chi connectivity index (χ4n) is 3.11. The van der Waals surface area contributed by atoms with Crippen LogP contribution in [-0.4, -0.2) is 29.8 Å². The number of halogens is 2. The number of anilines is 1. The van der Waals surface area contributed by atoms with Crippen molar-refractivity contribution in [2.45, 2.75) is 45.4 Å². The van der Waals surface area contributed by atoms with Crippen LogP contribution in [-0.2, 0) is 9.59 Å². The zero-order valence-corrected chi connectivity index (χ0v) is 15.5. The molecule has 0 aromatic heterocycles. The highest BCUT2D eigenvalue weighted by Crippen LogP contribution is 2.28. The molecular formula is C18H24Cl2N2O2. The molecule has 0 aliphatic heterocycles. The number of carbonyl (C=O) groups is 2. The van der Waals surface area contributed by atoms with Crippen LogP contribution in [0.5, 0.6) is 0 Å². The van der Waals surface area contributed by atoms with Crippen LogP contribution in [0.3, 0.4) is 0 Å². The molecule has 1 aromatic carbocycles. The summed E-state index contributed by atoms with van der Waals surface area (Å²) in [6, 6.07) is 4.90. The van der Waals surface area contributed by atoms with Gasteiger partial charge in [0.2, 0.25) is 11.8 Å². The smallest absolute Gasteiger partial charge is 0.244 e. The number of benzene rings is 1. The van der Waals surface area contributed by atoms with Crippen LogP contribution in [0.15, 0.2) is 18.2 Å². The maximum atomic E-state index is 12.5. The summed E-state index contributed by atoms with van der Waals surface area (Å²) in [4.78, 5) is 26.4. The van der Waals surface area contributed by atoms with Crippen molar-refractivity contribution in [3.05, 3.63) is 28.2 Å². The summed E-state index contributed by atoms with van der Waals surface area (Å²) < 4.78 is 0. The van der Waals surface area contributed by atoms with Crippen LogP contribution in [0.2, 0.25) is 10.0 Å². The summed E-state index contributed by atoms with van der Waals surface area (Å²) in [6.45, 7) is 2.65. The molecule has 0 saturated heterocycles. The lowest BCUT2D eigenvalue weighted by molar-refractivity contribution is -0.135. The lowest BCUT2D eigenvalue weighted by Gasteiger charge is -2.23. The summed E-state index contributed by atoms with van der Waals surface area (Å²) in [5, 5.41) is 3.65. The Kier molecular flexibility index (Phi) is 7.38. The van der Waals surface area contributed by atoms with Gasteiger partial charge in [0.1, 0.15) is 0 Å². The van der Waals surface area contributed by atoms with Gasteiger partial charge in [-0.05, 0) is 43.4 Å². The maximum Gasteiger partial charge on any atom is 0.244 e. The second kappa shape index (κ2) is 9.28. The number of rotatable bonds is 7. The second-order valence-electron chi connectivity index (χ2n) is 6.34. The van der Waals surface area contributed by atoms with Gasteiger partial charge in [0.15, 0.2) is 0 Å². The van der Waals surface area contributed by atoms with Gasteiger partial charge in [-0.1, -0.05) is 43.0 Å². The average molecular weight is 371 g/mol. The molecule has 2 rings (SSSR count). The monoisotopic (exact) mass is 370 g/mol. The molecule has 1 fully saturated rings. The molecule has 6 heteroatoms. The number of amides is 2. The van der Waals surface area contributed by atoms with E-state index in [4.69, 9.17) is 23.2 Å². The third-order valence-corrected chi connectivity index (χ3v) is 4.87. The van der Waals surface area contributed by atoms with Crippen molar-refractivity contribution < 1.29 is 9.59 Å². The molecule has 0 atom stereocenters. The minimum absolute atomic E-state index is 0.0539. The highest BCUT2D eigenvalue weighted by Gasteiger charge is 2.23. The minimum atomic E-state index is -0.243. The Labute approximate surface area is 153 Å². The van der Waals surface area contributed by atoms with Gasteiger partial charge < -0.3 is 10.2 Å². The van der Waals surface area contributed by atoms with E-state index < -0.39 is 0 Å². The normalized spacial score (nSPS) is 14.6. The Morgan fingerprint density at radius 2 is 1.96 bits per heavy atom. The molecule has 1 saturated carbocycles. The summed E-state index contributed by atoms with van der Waals surface area (Å²) >= 11 is 11.9. The molecule has 132 valence electrons. The highest BCUT2D eigenvalue weighted by molar-refractivity contribution is 6.36. The van der Waals surface area contributed by atoms with Crippen molar-refractivity contribution in [3.8, 4) is 0 Å². The highest BCUT2D eigenvalue weighted by atomic mass is 35.5. The van der Waals surface area contributed by atoms with E-state index >= 15 is 0 Å². The largest absolute Gasteiger partial charge is 0.333 e. The number of hydrogen-bond acceptors (Lipinski definition) is 2. The third kappa shape index (κ3) is 5.67. The molecule has 4 nitrogen and oxygen atoms in total. The molecular weight excluding hydrogens is 347 g/mol. The fraction of sp³-hybridized carbons (Fsp3) is 0.556. The molecule has 0 spiro atoms. The lowest BCUT2D eigenvalue weighted by Crippen LogP contribution is -2.39. The van der Waals surface area contributed by atoms with Crippen molar-refractivity contribution in [3.63, 3.8) is 0 Å². The summed E-state index contributed by atoms with van der Waals surface area (Å²) in [5.41, 5.74) is 0.505. The zero-order chi connectivity index (χ0) is 17.5. The molecule has 1 aliphatic carbocycles. The van der Waals surface area contributed by atoms with Gasteiger partial charge in [0.05, 0.1) is 17.3 Å². The van der Waals surface area contributed by atoms with E-state index in [1.807, 2.05) is 6.92 Å². The fourth-order valence-corrected chi connectivity index (χ4v) is 3.56. The van der Waals surface area contributed by atoms with E-state index in [2.05, 4.69) is 5.32 Å². The maximum absolute atomic E-state index is 12.5. The van der Waals surface area contributed by atoms with Crippen LogP contribution in [0, 0.1) is 5.92 Å². The molecule has 1 aliphatic rings. The molecule has 0 radical (unpaired) electrons. The van der Waals surface area contributed by atoms with Crippen molar-refractivity contribution in [1.29, 1.82) is 0 Å². The van der Waals surface area contributed by atoms with Crippen LogP contribution in [0.4, 0.5) is 5.69 Å². The van der Waals surface area contributed by atoms with E-state index in [1.165, 1.54) is 12.8 Å². The van der Waals surface area contributed by atoms with Crippen molar-refractivity contribution in [2.24, 2.45) is 5.92 Å². The SMILES string of the molecule is CCCN(CC(=O)Nc1ccc(Cl)cc1Cl)C(=O)CC1CCCC1. The summed E-state index contributed by atoms with van der Waals surface area (Å²) in [5.74, 6) is 0.305. The van der Waals surface area contributed by atoms with E-state index in [9.17, 15) is 9.59 Å². The summed E-state index contributed by atoms with van der Waals surface area (Å²) in [6.07, 6.45) is 6.04. The molecule has 1 aromatic rings. The van der Waals surface area contributed by atoms with Crippen LogP contribution in [0.1, 0.15) is 45.4 Å². The van der Waals surface area contributed by atoms with Crippen LogP contribution < -0.4 is 5.32 Å². The lowest BCUT2D eigenvalue weighted by atomic mass is 10.0.